The van der Waals surface area contributed by atoms with Gasteiger partial charge in [0, 0.05) is 5.69 Å². The van der Waals surface area contributed by atoms with Crippen molar-refractivity contribution in [2.75, 3.05) is 18.5 Å². The summed E-state index contributed by atoms with van der Waals surface area (Å²) in [4.78, 5) is 11.8. The molecule has 1 rings (SSSR count). The molecule has 0 atom stereocenters. The maximum Gasteiger partial charge on any atom is 0.331 e. The van der Waals surface area contributed by atoms with Crippen molar-refractivity contribution < 1.29 is 14.3 Å². The second-order valence-electron chi connectivity index (χ2n) is 4.88. The predicted molar refractivity (Wildman–Crippen MR) is 76.7 cm³/mol. The number of ether oxygens (including phenoxy) is 2. The summed E-state index contributed by atoms with van der Waals surface area (Å²) in [6.45, 7) is 10.4. The number of anilines is 1. The van der Waals surface area contributed by atoms with E-state index in [9.17, 15) is 4.79 Å². The summed E-state index contributed by atoms with van der Waals surface area (Å²) in [5, 5.41) is 3.18. The average molecular weight is 265 g/mol. The monoisotopic (exact) mass is 265 g/mol. The zero-order valence-corrected chi connectivity index (χ0v) is 12.4. The highest BCUT2D eigenvalue weighted by molar-refractivity contribution is 5.83. The van der Waals surface area contributed by atoms with Gasteiger partial charge in [-0.3, -0.25) is 0 Å². The lowest BCUT2D eigenvalue weighted by molar-refractivity contribution is -0.147. The number of carbonyl (C=O) groups is 1. The Morgan fingerprint density at radius 2 is 1.95 bits per heavy atom. The van der Waals surface area contributed by atoms with Crippen LogP contribution in [-0.4, -0.2) is 24.7 Å². The number of hydrogen-bond donors (Lipinski definition) is 1. The van der Waals surface area contributed by atoms with E-state index in [0.717, 1.165) is 17.0 Å². The van der Waals surface area contributed by atoms with Crippen molar-refractivity contribution in [2.45, 2.75) is 40.2 Å². The largest absolute Gasteiger partial charge is 0.494 e. The van der Waals surface area contributed by atoms with Gasteiger partial charge in [0.25, 0.3) is 0 Å². The molecule has 0 aromatic heterocycles. The third-order valence-electron chi connectivity index (χ3n) is 2.72. The van der Waals surface area contributed by atoms with Crippen LogP contribution in [0.5, 0.6) is 5.75 Å². The van der Waals surface area contributed by atoms with Crippen molar-refractivity contribution in [2.24, 2.45) is 0 Å². The van der Waals surface area contributed by atoms with Crippen LogP contribution in [0, 0.1) is 6.92 Å². The Balaban J connectivity index is 2.82. The highest BCUT2D eigenvalue weighted by atomic mass is 16.5. The van der Waals surface area contributed by atoms with E-state index in [2.05, 4.69) is 5.32 Å². The first-order valence-corrected chi connectivity index (χ1v) is 6.59. The Bertz CT molecular complexity index is 441. The maximum atomic E-state index is 11.8. The summed E-state index contributed by atoms with van der Waals surface area (Å²) in [6.07, 6.45) is 0. The molecule has 0 spiro atoms. The van der Waals surface area contributed by atoms with E-state index in [-0.39, 0.29) is 5.97 Å². The summed E-state index contributed by atoms with van der Waals surface area (Å²) in [7, 11) is 0. The van der Waals surface area contributed by atoms with Crippen LogP contribution >= 0.6 is 0 Å². The van der Waals surface area contributed by atoms with Gasteiger partial charge in [-0.2, -0.15) is 0 Å². The van der Waals surface area contributed by atoms with E-state index >= 15 is 0 Å². The van der Waals surface area contributed by atoms with Crippen LogP contribution in [0.25, 0.3) is 0 Å². The lowest BCUT2D eigenvalue weighted by atomic mass is 10.0. The molecule has 106 valence electrons. The fourth-order valence-corrected chi connectivity index (χ4v) is 1.77. The van der Waals surface area contributed by atoms with Crippen LogP contribution in [0.15, 0.2) is 18.2 Å². The van der Waals surface area contributed by atoms with Gasteiger partial charge in [0.2, 0.25) is 0 Å². The van der Waals surface area contributed by atoms with Crippen molar-refractivity contribution >= 4 is 11.7 Å². The van der Waals surface area contributed by atoms with Gasteiger partial charge in [-0.1, -0.05) is 0 Å². The van der Waals surface area contributed by atoms with Gasteiger partial charge < -0.3 is 14.8 Å². The molecule has 4 heteroatoms. The van der Waals surface area contributed by atoms with Crippen molar-refractivity contribution in [1.82, 2.24) is 0 Å². The van der Waals surface area contributed by atoms with Gasteiger partial charge in [-0.05, 0) is 58.4 Å². The van der Waals surface area contributed by atoms with E-state index < -0.39 is 5.54 Å². The molecule has 0 unspecified atom stereocenters. The van der Waals surface area contributed by atoms with Crippen molar-refractivity contribution in [3.63, 3.8) is 0 Å². The van der Waals surface area contributed by atoms with Crippen LogP contribution in [0.1, 0.15) is 33.3 Å². The van der Waals surface area contributed by atoms with E-state index in [1.165, 1.54) is 0 Å². The third-order valence-corrected chi connectivity index (χ3v) is 2.72. The maximum absolute atomic E-state index is 11.8. The number of carbonyl (C=O) groups excluding carboxylic acids is 1. The normalized spacial score (nSPS) is 11.0. The molecule has 1 aromatic carbocycles. The highest BCUT2D eigenvalue weighted by Gasteiger charge is 2.28. The lowest BCUT2D eigenvalue weighted by Crippen LogP contribution is -2.41. The quantitative estimate of drug-likeness (QED) is 0.803. The van der Waals surface area contributed by atoms with Crippen LogP contribution in [0.4, 0.5) is 5.69 Å². The van der Waals surface area contributed by atoms with Gasteiger partial charge in [-0.15, -0.1) is 0 Å². The van der Waals surface area contributed by atoms with Gasteiger partial charge in [0.15, 0.2) is 0 Å². The van der Waals surface area contributed by atoms with Crippen molar-refractivity contribution in [1.29, 1.82) is 0 Å². The number of hydrogen-bond acceptors (Lipinski definition) is 4. The zero-order chi connectivity index (χ0) is 14.5. The Kier molecular flexibility index (Phi) is 5.21. The zero-order valence-electron chi connectivity index (χ0n) is 12.4. The summed E-state index contributed by atoms with van der Waals surface area (Å²) in [6, 6.07) is 5.77. The molecule has 0 aliphatic rings. The van der Waals surface area contributed by atoms with Crippen molar-refractivity contribution in [3.05, 3.63) is 23.8 Å². The first-order valence-electron chi connectivity index (χ1n) is 6.59. The van der Waals surface area contributed by atoms with Gasteiger partial charge in [-0.25, -0.2) is 4.79 Å². The minimum atomic E-state index is -0.754. The van der Waals surface area contributed by atoms with Crippen LogP contribution in [-0.2, 0) is 9.53 Å². The number of benzene rings is 1. The number of esters is 1. The Labute approximate surface area is 115 Å². The molecule has 0 heterocycles. The van der Waals surface area contributed by atoms with Gasteiger partial charge >= 0.3 is 5.97 Å². The molecule has 0 amide bonds. The number of aryl methyl sites for hydroxylation is 1. The Morgan fingerprint density at radius 3 is 2.47 bits per heavy atom. The smallest absolute Gasteiger partial charge is 0.331 e. The lowest BCUT2D eigenvalue weighted by Gasteiger charge is -2.25. The minimum absolute atomic E-state index is 0.262. The Morgan fingerprint density at radius 1 is 1.26 bits per heavy atom. The topological polar surface area (TPSA) is 47.6 Å². The van der Waals surface area contributed by atoms with E-state index in [1.54, 1.807) is 20.8 Å². The fourth-order valence-electron chi connectivity index (χ4n) is 1.77. The molecule has 1 aromatic rings. The van der Waals surface area contributed by atoms with Crippen LogP contribution in [0.3, 0.4) is 0 Å². The number of rotatable bonds is 6. The molecule has 0 fully saturated rings. The SMILES string of the molecule is CCOC(=O)C(C)(C)Nc1ccc(OCC)c(C)c1. The highest BCUT2D eigenvalue weighted by Crippen LogP contribution is 2.24. The summed E-state index contributed by atoms with van der Waals surface area (Å²) in [5.41, 5.74) is 1.15. The molecule has 1 N–H and O–H groups in total. The number of nitrogens with one attached hydrogen (secondary N) is 1. The van der Waals surface area contributed by atoms with Crippen LogP contribution in [0.2, 0.25) is 0 Å². The average Bonchev–Trinajstić information content (AvgIpc) is 2.32. The van der Waals surface area contributed by atoms with Crippen LogP contribution < -0.4 is 10.1 Å². The second-order valence-corrected chi connectivity index (χ2v) is 4.88. The summed E-state index contributed by atoms with van der Waals surface area (Å²) in [5.74, 6) is 0.600. The van der Waals surface area contributed by atoms with E-state index in [4.69, 9.17) is 9.47 Å². The molecule has 4 nitrogen and oxygen atoms in total. The molecule has 0 bridgehead atoms. The summed E-state index contributed by atoms with van der Waals surface area (Å²) >= 11 is 0. The first-order chi connectivity index (χ1) is 8.90. The molecule has 0 radical (unpaired) electrons. The molecular formula is C15H23NO3. The second kappa shape index (κ2) is 6.45. The first kappa shape index (κ1) is 15.3. The van der Waals surface area contributed by atoms with E-state index in [0.29, 0.717) is 13.2 Å². The molecule has 0 aliphatic heterocycles. The molecule has 0 saturated carbocycles. The summed E-state index contributed by atoms with van der Waals surface area (Å²) < 4.78 is 10.5. The fraction of sp³-hybridized carbons (Fsp3) is 0.533. The van der Waals surface area contributed by atoms with Gasteiger partial charge in [0.05, 0.1) is 13.2 Å². The van der Waals surface area contributed by atoms with Gasteiger partial charge in [0.1, 0.15) is 11.3 Å². The molecule has 19 heavy (non-hydrogen) atoms. The van der Waals surface area contributed by atoms with E-state index in [1.807, 2.05) is 32.0 Å². The predicted octanol–water partition coefficient (Wildman–Crippen LogP) is 3.15. The third kappa shape index (κ3) is 4.16. The Hall–Kier alpha value is -1.71. The standard InChI is InChI=1S/C15H23NO3/c1-6-18-13-9-8-12(10-11(13)3)16-15(4,5)14(17)19-7-2/h8-10,16H,6-7H2,1-5H3. The molecule has 0 aliphatic carbocycles. The minimum Gasteiger partial charge on any atom is -0.494 e. The molecular weight excluding hydrogens is 242 g/mol. The molecule has 0 saturated heterocycles. The van der Waals surface area contributed by atoms with Crippen molar-refractivity contribution in [3.8, 4) is 5.75 Å².